The van der Waals surface area contributed by atoms with Crippen molar-refractivity contribution in [3.63, 3.8) is 0 Å². The number of hydrogen-bond acceptors (Lipinski definition) is 4. The second-order valence-corrected chi connectivity index (χ2v) is 4.63. The predicted molar refractivity (Wildman–Crippen MR) is 62.7 cm³/mol. The van der Waals surface area contributed by atoms with Crippen LogP contribution >= 0.6 is 22.9 Å². The minimum atomic E-state index is -0.137. The number of hydrogen-bond donors (Lipinski definition) is 2. The zero-order chi connectivity index (χ0) is 11.3. The molecule has 1 aromatic heterocycles. The van der Waals surface area contributed by atoms with Crippen molar-refractivity contribution in [1.82, 2.24) is 15.6 Å². The number of amides is 1. The number of halogens is 1. The van der Waals surface area contributed by atoms with E-state index in [4.69, 9.17) is 11.6 Å². The van der Waals surface area contributed by atoms with E-state index in [9.17, 15) is 4.79 Å². The van der Waals surface area contributed by atoms with Gasteiger partial charge >= 0.3 is 0 Å². The molecule has 1 heterocycles. The molecule has 0 radical (unpaired) electrons. The van der Waals surface area contributed by atoms with Gasteiger partial charge in [-0.3, -0.25) is 4.79 Å². The van der Waals surface area contributed by atoms with Crippen LogP contribution in [0.2, 0.25) is 5.15 Å². The molecule has 0 atom stereocenters. The number of nitrogens with zero attached hydrogens (tertiary/aromatic N) is 1. The number of thiazole rings is 1. The predicted octanol–water partition coefficient (Wildman–Crippen LogP) is 1.44. The summed E-state index contributed by atoms with van der Waals surface area (Å²) in [5.41, 5.74) is 0. The summed E-state index contributed by atoms with van der Waals surface area (Å²) >= 11 is 7.12. The van der Waals surface area contributed by atoms with Gasteiger partial charge in [-0.05, 0) is 26.9 Å². The summed E-state index contributed by atoms with van der Waals surface area (Å²) in [6, 6.07) is 0. The van der Waals surface area contributed by atoms with Crippen molar-refractivity contribution >= 4 is 28.8 Å². The highest BCUT2D eigenvalue weighted by Crippen LogP contribution is 2.21. The van der Waals surface area contributed by atoms with Crippen LogP contribution in [-0.2, 0) is 0 Å². The van der Waals surface area contributed by atoms with Gasteiger partial charge in [0.15, 0.2) is 5.15 Å². The van der Waals surface area contributed by atoms with E-state index < -0.39 is 0 Å². The fraction of sp³-hybridized carbons (Fsp3) is 0.556. The van der Waals surface area contributed by atoms with Gasteiger partial charge in [0.25, 0.3) is 5.91 Å². The molecule has 4 nitrogen and oxygen atoms in total. The van der Waals surface area contributed by atoms with Crippen molar-refractivity contribution < 1.29 is 4.79 Å². The minimum Gasteiger partial charge on any atom is -0.351 e. The molecule has 0 spiro atoms. The Morgan fingerprint density at radius 1 is 1.53 bits per heavy atom. The number of aromatic nitrogens is 1. The van der Waals surface area contributed by atoms with Gasteiger partial charge in [0.05, 0.1) is 5.01 Å². The fourth-order valence-electron chi connectivity index (χ4n) is 1.09. The average molecular weight is 248 g/mol. The normalized spacial score (nSPS) is 10.3. The van der Waals surface area contributed by atoms with Crippen LogP contribution in [0.15, 0.2) is 0 Å². The molecule has 1 amide bonds. The van der Waals surface area contributed by atoms with E-state index in [-0.39, 0.29) is 5.91 Å². The molecular weight excluding hydrogens is 234 g/mol. The molecule has 15 heavy (non-hydrogen) atoms. The summed E-state index contributed by atoms with van der Waals surface area (Å²) in [4.78, 5) is 16.1. The van der Waals surface area contributed by atoms with E-state index in [1.165, 1.54) is 11.3 Å². The van der Waals surface area contributed by atoms with Gasteiger partial charge < -0.3 is 10.6 Å². The van der Waals surface area contributed by atoms with Crippen LogP contribution in [0.4, 0.5) is 0 Å². The Morgan fingerprint density at radius 2 is 2.27 bits per heavy atom. The second-order valence-electron chi connectivity index (χ2n) is 3.07. The Morgan fingerprint density at radius 3 is 2.80 bits per heavy atom. The monoisotopic (exact) mass is 247 g/mol. The van der Waals surface area contributed by atoms with Crippen molar-refractivity contribution in [3.05, 3.63) is 15.0 Å². The molecule has 84 valence electrons. The zero-order valence-corrected chi connectivity index (χ0v) is 10.3. The van der Waals surface area contributed by atoms with Gasteiger partial charge in [-0.15, -0.1) is 11.3 Å². The number of aryl methyl sites for hydroxylation is 1. The third-order valence-corrected chi connectivity index (χ3v) is 3.14. The summed E-state index contributed by atoms with van der Waals surface area (Å²) < 4.78 is 0. The largest absolute Gasteiger partial charge is 0.351 e. The Kier molecular flexibility index (Phi) is 5.01. The smallest absolute Gasteiger partial charge is 0.264 e. The van der Waals surface area contributed by atoms with E-state index in [0.717, 1.165) is 18.0 Å². The Balaban J connectivity index is 2.43. The number of rotatable bonds is 5. The van der Waals surface area contributed by atoms with Crippen LogP contribution in [0.5, 0.6) is 0 Å². The molecule has 0 unspecified atom stereocenters. The topological polar surface area (TPSA) is 54.0 Å². The highest BCUT2D eigenvalue weighted by molar-refractivity contribution is 7.14. The molecule has 1 aromatic rings. The van der Waals surface area contributed by atoms with Crippen LogP contribution < -0.4 is 10.6 Å². The fourth-order valence-corrected chi connectivity index (χ4v) is 2.19. The summed E-state index contributed by atoms with van der Waals surface area (Å²) in [6.45, 7) is 3.36. The molecule has 2 N–H and O–H groups in total. The Labute approximate surface area is 98.0 Å². The van der Waals surface area contributed by atoms with Crippen molar-refractivity contribution in [2.24, 2.45) is 0 Å². The highest BCUT2D eigenvalue weighted by atomic mass is 35.5. The third-order valence-electron chi connectivity index (χ3n) is 1.79. The van der Waals surface area contributed by atoms with Crippen LogP contribution in [0.3, 0.4) is 0 Å². The van der Waals surface area contributed by atoms with Crippen molar-refractivity contribution in [1.29, 1.82) is 0 Å². The lowest BCUT2D eigenvalue weighted by molar-refractivity contribution is 0.0957. The van der Waals surface area contributed by atoms with E-state index in [1.807, 2.05) is 14.0 Å². The third kappa shape index (κ3) is 3.77. The first kappa shape index (κ1) is 12.4. The lowest BCUT2D eigenvalue weighted by atomic mass is 10.4. The van der Waals surface area contributed by atoms with Crippen LogP contribution in [0.25, 0.3) is 0 Å². The zero-order valence-electron chi connectivity index (χ0n) is 8.76. The maximum Gasteiger partial charge on any atom is 0.264 e. The molecule has 0 saturated heterocycles. The van der Waals surface area contributed by atoms with Crippen LogP contribution in [-0.4, -0.2) is 31.0 Å². The average Bonchev–Trinajstić information content (AvgIpc) is 2.52. The number of carbonyl (C=O) groups excluding carboxylic acids is 1. The molecular formula is C9H14ClN3OS. The SMILES string of the molecule is CNCCCNC(=O)c1sc(C)nc1Cl. The summed E-state index contributed by atoms with van der Waals surface area (Å²) in [7, 11) is 1.88. The lowest BCUT2D eigenvalue weighted by Crippen LogP contribution is -2.26. The van der Waals surface area contributed by atoms with Crippen molar-refractivity contribution in [2.45, 2.75) is 13.3 Å². The maximum absolute atomic E-state index is 11.6. The summed E-state index contributed by atoms with van der Waals surface area (Å²) in [6.07, 6.45) is 0.900. The molecule has 6 heteroatoms. The summed E-state index contributed by atoms with van der Waals surface area (Å²) in [5.74, 6) is -0.137. The van der Waals surface area contributed by atoms with Gasteiger partial charge in [0.1, 0.15) is 4.88 Å². The molecule has 1 rings (SSSR count). The first-order chi connectivity index (χ1) is 7.15. The van der Waals surface area contributed by atoms with Gasteiger partial charge in [0.2, 0.25) is 0 Å². The maximum atomic E-state index is 11.6. The van der Waals surface area contributed by atoms with Gasteiger partial charge in [-0.2, -0.15) is 0 Å². The number of nitrogens with one attached hydrogen (secondary N) is 2. The first-order valence-corrected chi connectivity index (χ1v) is 5.90. The first-order valence-electron chi connectivity index (χ1n) is 4.71. The Bertz CT molecular complexity index is 340. The number of carbonyl (C=O) groups is 1. The molecule has 0 saturated carbocycles. The van der Waals surface area contributed by atoms with Crippen molar-refractivity contribution in [3.8, 4) is 0 Å². The molecule has 0 bridgehead atoms. The van der Waals surface area contributed by atoms with Gasteiger partial charge in [-0.25, -0.2) is 4.98 Å². The molecule has 0 aliphatic carbocycles. The van der Waals surface area contributed by atoms with Gasteiger partial charge in [-0.1, -0.05) is 11.6 Å². The van der Waals surface area contributed by atoms with Crippen LogP contribution in [0, 0.1) is 6.92 Å². The summed E-state index contributed by atoms with van der Waals surface area (Å²) in [5, 5.41) is 6.91. The Hall–Kier alpha value is -0.650. The van der Waals surface area contributed by atoms with Crippen LogP contribution in [0.1, 0.15) is 21.1 Å². The molecule has 0 aromatic carbocycles. The molecule has 0 aliphatic heterocycles. The highest BCUT2D eigenvalue weighted by Gasteiger charge is 2.14. The molecule has 0 fully saturated rings. The standard InChI is InChI=1S/C9H14ClN3OS/c1-6-13-8(10)7(15-6)9(14)12-5-3-4-11-2/h11H,3-5H2,1-2H3,(H,12,14). The van der Waals surface area contributed by atoms with E-state index in [2.05, 4.69) is 15.6 Å². The van der Waals surface area contributed by atoms with Crippen molar-refractivity contribution in [2.75, 3.05) is 20.1 Å². The quantitative estimate of drug-likeness (QED) is 0.775. The van der Waals surface area contributed by atoms with Gasteiger partial charge in [0, 0.05) is 6.54 Å². The van der Waals surface area contributed by atoms with E-state index in [1.54, 1.807) is 0 Å². The van der Waals surface area contributed by atoms with E-state index >= 15 is 0 Å². The minimum absolute atomic E-state index is 0.137. The van der Waals surface area contributed by atoms with E-state index in [0.29, 0.717) is 16.6 Å². The molecule has 0 aliphatic rings. The second kappa shape index (κ2) is 6.05. The lowest BCUT2D eigenvalue weighted by Gasteiger charge is -2.02.